The normalized spacial score (nSPS) is 14.5. The topological polar surface area (TPSA) is 55.0 Å². The van der Waals surface area contributed by atoms with Gasteiger partial charge in [0.15, 0.2) is 0 Å². The molecule has 0 atom stereocenters. The van der Waals surface area contributed by atoms with Gasteiger partial charge in [0.1, 0.15) is 17.0 Å². The molecule has 2 N–H and O–H groups in total. The second-order valence-electron chi connectivity index (χ2n) is 4.99. The largest absolute Gasteiger partial charge is 0.398 e. The predicted octanol–water partition coefficient (Wildman–Crippen LogP) is 2.84. The summed E-state index contributed by atoms with van der Waals surface area (Å²) in [4.78, 5) is 12.2. The van der Waals surface area contributed by atoms with Gasteiger partial charge in [0.2, 0.25) is 0 Å². The first-order valence-corrected chi connectivity index (χ1v) is 7.50. The molecule has 0 bridgehead atoms. The minimum atomic E-state index is 0.863. The zero-order chi connectivity index (χ0) is 13.5. The maximum Gasteiger partial charge on any atom is 0.141 e. The van der Waals surface area contributed by atoms with Crippen molar-refractivity contribution >= 4 is 33.1 Å². The Morgan fingerprint density at radius 3 is 3.10 bits per heavy atom. The van der Waals surface area contributed by atoms with E-state index in [4.69, 9.17) is 5.73 Å². The number of hydrogen-bond donors (Lipinski definition) is 1. The van der Waals surface area contributed by atoms with E-state index in [2.05, 4.69) is 32.4 Å². The van der Waals surface area contributed by atoms with Crippen LogP contribution < -0.4 is 10.6 Å². The van der Waals surface area contributed by atoms with Crippen molar-refractivity contribution in [3.05, 3.63) is 47.1 Å². The maximum atomic E-state index is 6.06. The molecule has 4 rings (SSSR count). The molecule has 0 amide bonds. The van der Waals surface area contributed by atoms with Crippen LogP contribution in [-0.4, -0.2) is 16.5 Å². The van der Waals surface area contributed by atoms with Gasteiger partial charge in [-0.05, 0) is 35.1 Å². The summed E-state index contributed by atoms with van der Waals surface area (Å²) in [6.45, 7) is 1.81. The predicted molar refractivity (Wildman–Crippen MR) is 83.0 cm³/mol. The van der Waals surface area contributed by atoms with Crippen LogP contribution in [0.4, 0.5) is 11.5 Å². The highest BCUT2D eigenvalue weighted by Gasteiger charge is 2.20. The summed E-state index contributed by atoms with van der Waals surface area (Å²) in [6, 6.07) is 8.27. The molecule has 3 heterocycles. The summed E-state index contributed by atoms with van der Waals surface area (Å²) in [6.07, 6.45) is 2.63. The molecule has 0 saturated carbocycles. The van der Waals surface area contributed by atoms with Crippen LogP contribution in [0.1, 0.15) is 11.1 Å². The molecule has 0 spiro atoms. The number of nitrogen functional groups attached to an aromatic ring is 1. The second-order valence-corrected chi connectivity index (χ2v) is 5.89. The SMILES string of the molecule is Nc1cccc2c1CCN(c1ncnc3sccc13)C2. The lowest BCUT2D eigenvalue weighted by molar-refractivity contribution is 0.725. The summed E-state index contributed by atoms with van der Waals surface area (Å²) in [5.74, 6) is 1.03. The molecule has 5 heteroatoms. The van der Waals surface area contributed by atoms with E-state index in [9.17, 15) is 0 Å². The Bertz CT molecular complexity index is 780. The van der Waals surface area contributed by atoms with E-state index in [1.165, 1.54) is 11.1 Å². The van der Waals surface area contributed by atoms with Crippen LogP contribution in [0, 0.1) is 0 Å². The first-order chi connectivity index (χ1) is 9.83. The van der Waals surface area contributed by atoms with Crippen molar-refractivity contribution in [3.8, 4) is 0 Å². The van der Waals surface area contributed by atoms with E-state index in [0.29, 0.717) is 0 Å². The van der Waals surface area contributed by atoms with Gasteiger partial charge in [0.05, 0.1) is 5.39 Å². The van der Waals surface area contributed by atoms with Gasteiger partial charge < -0.3 is 10.6 Å². The third-order valence-corrected chi connectivity index (χ3v) is 4.66. The Kier molecular flexibility index (Phi) is 2.60. The van der Waals surface area contributed by atoms with Gasteiger partial charge >= 0.3 is 0 Å². The van der Waals surface area contributed by atoms with Crippen LogP contribution in [0.2, 0.25) is 0 Å². The quantitative estimate of drug-likeness (QED) is 0.697. The molecule has 0 aliphatic carbocycles. The minimum absolute atomic E-state index is 0.863. The fourth-order valence-electron chi connectivity index (χ4n) is 2.85. The Labute approximate surface area is 120 Å². The molecule has 1 aliphatic rings. The fourth-order valence-corrected chi connectivity index (χ4v) is 3.58. The van der Waals surface area contributed by atoms with Crippen LogP contribution in [0.3, 0.4) is 0 Å². The Balaban J connectivity index is 1.77. The van der Waals surface area contributed by atoms with Crippen molar-refractivity contribution in [2.45, 2.75) is 13.0 Å². The van der Waals surface area contributed by atoms with Gasteiger partial charge in [-0.2, -0.15) is 0 Å². The van der Waals surface area contributed by atoms with Crippen LogP contribution in [0.15, 0.2) is 36.0 Å². The zero-order valence-corrected chi connectivity index (χ0v) is 11.7. The maximum absolute atomic E-state index is 6.06. The van der Waals surface area contributed by atoms with Gasteiger partial charge in [-0.25, -0.2) is 9.97 Å². The second kappa shape index (κ2) is 4.45. The van der Waals surface area contributed by atoms with E-state index >= 15 is 0 Å². The summed E-state index contributed by atoms with van der Waals surface area (Å²) in [5.41, 5.74) is 9.56. The number of benzene rings is 1. The van der Waals surface area contributed by atoms with E-state index in [1.807, 2.05) is 12.1 Å². The summed E-state index contributed by atoms with van der Waals surface area (Å²) in [7, 11) is 0. The molecular formula is C15H14N4S. The van der Waals surface area contributed by atoms with Crippen molar-refractivity contribution in [1.82, 2.24) is 9.97 Å². The average molecular weight is 282 g/mol. The molecule has 100 valence electrons. The van der Waals surface area contributed by atoms with E-state index in [1.54, 1.807) is 17.7 Å². The molecule has 0 radical (unpaired) electrons. The monoisotopic (exact) mass is 282 g/mol. The van der Waals surface area contributed by atoms with E-state index < -0.39 is 0 Å². The van der Waals surface area contributed by atoms with Crippen LogP contribution >= 0.6 is 11.3 Å². The van der Waals surface area contributed by atoms with Gasteiger partial charge in [-0.1, -0.05) is 12.1 Å². The molecular weight excluding hydrogens is 268 g/mol. The third kappa shape index (κ3) is 1.74. The fraction of sp³-hybridized carbons (Fsp3) is 0.200. The molecule has 2 aromatic heterocycles. The highest BCUT2D eigenvalue weighted by molar-refractivity contribution is 7.16. The molecule has 0 fully saturated rings. The van der Waals surface area contributed by atoms with Gasteiger partial charge in [0, 0.05) is 18.8 Å². The molecule has 0 unspecified atom stereocenters. The third-order valence-electron chi connectivity index (χ3n) is 3.84. The molecule has 3 aromatic rings. The smallest absolute Gasteiger partial charge is 0.141 e. The Morgan fingerprint density at radius 2 is 2.15 bits per heavy atom. The van der Waals surface area contributed by atoms with E-state index in [0.717, 1.165) is 41.2 Å². The number of rotatable bonds is 1. The standard InChI is InChI=1S/C15H14N4S/c16-13-3-1-2-10-8-19(6-4-11(10)13)14-12-5-7-20-15(12)18-9-17-14/h1-3,5,7,9H,4,6,8,16H2. The zero-order valence-electron chi connectivity index (χ0n) is 10.9. The number of anilines is 2. The van der Waals surface area contributed by atoms with Crippen molar-refractivity contribution in [3.63, 3.8) is 0 Å². The summed E-state index contributed by atoms with van der Waals surface area (Å²) >= 11 is 1.66. The molecule has 4 nitrogen and oxygen atoms in total. The van der Waals surface area contributed by atoms with Crippen molar-refractivity contribution in [1.29, 1.82) is 0 Å². The number of aromatic nitrogens is 2. The number of hydrogen-bond acceptors (Lipinski definition) is 5. The first kappa shape index (κ1) is 11.7. The number of nitrogens with zero attached hydrogens (tertiary/aromatic N) is 3. The first-order valence-electron chi connectivity index (χ1n) is 6.62. The van der Waals surface area contributed by atoms with Gasteiger partial charge in [-0.15, -0.1) is 11.3 Å². The number of nitrogens with two attached hydrogens (primary N) is 1. The molecule has 1 aromatic carbocycles. The van der Waals surface area contributed by atoms with Crippen molar-refractivity contribution in [2.75, 3.05) is 17.2 Å². The van der Waals surface area contributed by atoms with Crippen molar-refractivity contribution < 1.29 is 0 Å². The Morgan fingerprint density at radius 1 is 1.20 bits per heavy atom. The van der Waals surface area contributed by atoms with Crippen LogP contribution in [0.25, 0.3) is 10.2 Å². The highest BCUT2D eigenvalue weighted by atomic mass is 32.1. The number of fused-ring (bicyclic) bond motifs is 2. The lowest BCUT2D eigenvalue weighted by atomic mass is 9.98. The Hall–Kier alpha value is -2.14. The molecule has 0 saturated heterocycles. The summed E-state index contributed by atoms with van der Waals surface area (Å²) < 4.78 is 0. The number of thiophene rings is 1. The molecule has 1 aliphatic heterocycles. The van der Waals surface area contributed by atoms with Gasteiger partial charge in [0.25, 0.3) is 0 Å². The lowest BCUT2D eigenvalue weighted by Crippen LogP contribution is -2.31. The van der Waals surface area contributed by atoms with Crippen LogP contribution in [0.5, 0.6) is 0 Å². The van der Waals surface area contributed by atoms with Gasteiger partial charge in [-0.3, -0.25) is 0 Å². The summed E-state index contributed by atoms with van der Waals surface area (Å²) in [5, 5.41) is 3.21. The van der Waals surface area contributed by atoms with Crippen LogP contribution in [-0.2, 0) is 13.0 Å². The minimum Gasteiger partial charge on any atom is -0.398 e. The van der Waals surface area contributed by atoms with Crippen molar-refractivity contribution in [2.24, 2.45) is 0 Å². The molecule has 20 heavy (non-hydrogen) atoms. The lowest BCUT2D eigenvalue weighted by Gasteiger charge is -2.30. The van der Waals surface area contributed by atoms with E-state index in [-0.39, 0.29) is 0 Å². The highest BCUT2D eigenvalue weighted by Crippen LogP contribution is 2.31. The average Bonchev–Trinajstić information content (AvgIpc) is 2.95.